The zero-order valence-electron chi connectivity index (χ0n) is 12.5. The van der Waals surface area contributed by atoms with Crippen molar-refractivity contribution in [2.75, 3.05) is 6.54 Å². The molecule has 110 valence electrons. The molecule has 2 N–H and O–H groups in total. The lowest BCUT2D eigenvalue weighted by atomic mass is 10.0. The van der Waals surface area contributed by atoms with E-state index in [0.29, 0.717) is 12.3 Å². The predicted octanol–water partition coefficient (Wildman–Crippen LogP) is 2.49. The van der Waals surface area contributed by atoms with Crippen molar-refractivity contribution in [3.63, 3.8) is 0 Å². The van der Waals surface area contributed by atoms with Gasteiger partial charge in [0, 0.05) is 24.4 Å². The highest BCUT2D eigenvalue weighted by molar-refractivity contribution is 5.81. The highest BCUT2D eigenvalue weighted by Gasteiger charge is 2.39. The Morgan fingerprint density at radius 1 is 1.29 bits per heavy atom. The Labute approximate surface area is 125 Å². The number of carbonyl (C=O) groups excluding carboxylic acids is 1. The second-order valence-electron chi connectivity index (χ2n) is 6.18. The van der Waals surface area contributed by atoms with Crippen molar-refractivity contribution < 1.29 is 4.79 Å². The maximum atomic E-state index is 12.2. The lowest BCUT2D eigenvalue weighted by molar-refractivity contribution is -0.129. The second kappa shape index (κ2) is 5.45. The van der Waals surface area contributed by atoms with E-state index >= 15 is 0 Å². The molecule has 0 radical (unpaired) electrons. The fourth-order valence-corrected chi connectivity index (χ4v) is 3.05. The zero-order valence-corrected chi connectivity index (χ0v) is 12.5. The largest absolute Gasteiger partial charge is 0.332 e. The van der Waals surface area contributed by atoms with E-state index in [4.69, 9.17) is 10.7 Å². The topological polar surface area (TPSA) is 59.2 Å². The summed E-state index contributed by atoms with van der Waals surface area (Å²) in [7, 11) is 0. The van der Waals surface area contributed by atoms with Crippen LogP contribution in [0.4, 0.5) is 0 Å². The van der Waals surface area contributed by atoms with Gasteiger partial charge in [0.1, 0.15) is 0 Å². The minimum atomic E-state index is -0.176. The number of fused-ring (bicyclic) bond motifs is 1. The predicted molar refractivity (Wildman–Crippen MR) is 83.6 cm³/mol. The molecule has 1 aromatic carbocycles. The van der Waals surface area contributed by atoms with Gasteiger partial charge in [-0.15, -0.1) is 0 Å². The van der Waals surface area contributed by atoms with Crippen LogP contribution in [0.3, 0.4) is 0 Å². The van der Waals surface area contributed by atoms with Crippen LogP contribution in [0.1, 0.15) is 32.0 Å². The van der Waals surface area contributed by atoms with E-state index in [2.05, 4.69) is 19.9 Å². The molecule has 2 heterocycles. The molecule has 2 unspecified atom stereocenters. The van der Waals surface area contributed by atoms with E-state index in [1.165, 1.54) is 0 Å². The van der Waals surface area contributed by atoms with Gasteiger partial charge < -0.3 is 10.6 Å². The summed E-state index contributed by atoms with van der Waals surface area (Å²) in [6.45, 7) is 4.95. The summed E-state index contributed by atoms with van der Waals surface area (Å²) in [4.78, 5) is 18.8. The number of hydrogen-bond acceptors (Lipinski definition) is 3. The van der Waals surface area contributed by atoms with Crippen LogP contribution in [0.25, 0.3) is 10.9 Å². The van der Waals surface area contributed by atoms with E-state index in [1.54, 1.807) is 0 Å². The van der Waals surface area contributed by atoms with Crippen LogP contribution in [0.15, 0.2) is 36.4 Å². The molecular formula is C17H21N3O. The number of amides is 1. The average Bonchev–Trinajstić information content (AvgIpc) is 2.72. The summed E-state index contributed by atoms with van der Waals surface area (Å²) in [5.74, 6) is 0.554. The number of para-hydroxylation sites is 1. The number of aromatic nitrogens is 1. The van der Waals surface area contributed by atoms with Crippen LogP contribution in [0.2, 0.25) is 0 Å². The fraction of sp³-hybridized carbons (Fsp3) is 0.412. The molecule has 0 aliphatic carbocycles. The first-order chi connectivity index (χ1) is 10.1. The maximum Gasteiger partial charge on any atom is 0.224 e. The van der Waals surface area contributed by atoms with Crippen LogP contribution < -0.4 is 5.73 Å². The molecule has 3 rings (SSSR count). The van der Waals surface area contributed by atoms with Crippen molar-refractivity contribution in [3.8, 4) is 0 Å². The molecule has 1 amide bonds. The summed E-state index contributed by atoms with van der Waals surface area (Å²) in [5.41, 5.74) is 8.06. The molecule has 2 atom stereocenters. The second-order valence-corrected chi connectivity index (χ2v) is 6.18. The van der Waals surface area contributed by atoms with Gasteiger partial charge in [-0.05, 0) is 18.1 Å². The molecule has 0 saturated carbocycles. The number of benzene rings is 1. The van der Waals surface area contributed by atoms with Gasteiger partial charge in [0.25, 0.3) is 0 Å². The third-order valence-electron chi connectivity index (χ3n) is 3.96. The van der Waals surface area contributed by atoms with Gasteiger partial charge in [0.05, 0.1) is 17.3 Å². The number of nitrogens with zero attached hydrogens (tertiary/aromatic N) is 2. The minimum Gasteiger partial charge on any atom is -0.332 e. The normalized spacial score (nSPS) is 22.5. The first-order valence-corrected chi connectivity index (χ1v) is 7.47. The highest BCUT2D eigenvalue weighted by atomic mass is 16.2. The number of rotatable bonds is 3. The monoisotopic (exact) mass is 283 g/mol. The third-order valence-corrected chi connectivity index (χ3v) is 3.96. The van der Waals surface area contributed by atoms with Crippen LogP contribution >= 0.6 is 0 Å². The molecule has 1 fully saturated rings. The summed E-state index contributed by atoms with van der Waals surface area (Å²) in [6, 6.07) is 11.8. The van der Waals surface area contributed by atoms with Gasteiger partial charge in [-0.2, -0.15) is 0 Å². The molecular weight excluding hydrogens is 262 g/mol. The molecule has 4 nitrogen and oxygen atoms in total. The number of pyridine rings is 1. The standard InChI is InChI=1S/C17H21N3O/c1-11(2)10-20-16(21)9-13(18)17(20)15-8-7-12-5-3-4-6-14(12)19-15/h3-8,11,13,17H,9-10,18H2,1-2H3. The Balaban J connectivity index is 2.00. The minimum absolute atomic E-state index is 0.107. The van der Waals surface area contributed by atoms with Crippen molar-refractivity contribution in [2.45, 2.75) is 32.4 Å². The Hall–Kier alpha value is -1.94. The number of carbonyl (C=O) groups is 1. The van der Waals surface area contributed by atoms with Gasteiger partial charge in [0.2, 0.25) is 5.91 Å². The number of likely N-dealkylation sites (tertiary alicyclic amines) is 1. The van der Waals surface area contributed by atoms with Crippen molar-refractivity contribution in [3.05, 3.63) is 42.1 Å². The van der Waals surface area contributed by atoms with E-state index < -0.39 is 0 Å². The molecule has 1 aliphatic rings. The van der Waals surface area contributed by atoms with Crippen molar-refractivity contribution in [2.24, 2.45) is 11.7 Å². The molecule has 0 bridgehead atoms. The van der Waals surface area contributed by atoms with Gasteiger partial charge in [-0.3, -0.25) is 9.78 Å². The Bertz CT molecular complexity index is 668. The molecule has 2 aromatic rings. The van der Waals surface area contributed by atoms with Crippen LogP contribution in [0, 0.1) is 5.92 Å². The lowest BCUT2D eigenvalue weighted by Crippen LogP contribution is -2.35. The molecule has 1 saturated heterocycles. The Kier molecular flexibility index (Phi) is 3.64. The van der Waals surface area contributed by atoms with Gasteiger partial charge in [0.15, 0.2) is 0 Å². The first-order valence-electron chi connectivity index (χ1n) is 7.47. The van der Waals surface area contributed by atoms with Crippen molar-refractivity contribution >= 4 is 16.8 Å². The van der Waals surface area contributed by atoms with Gasteiger partial charge >= 0.3 is 0 Å². The van der Waals surface area contributed by atoms with E-state index in [0.717, 1.165) is 23.1 Å². The average molecular weight is 283 g/mol. The number of nitrogens with two attached hydrogens (primary N) is 1. The van der Waals surface area contributed by atoms with Gasteiger partial charge in [-0.25, -0.2) is 0 Å². The van der Waals surface area contributed by atoms with Gasteiger partial charge in [-0.1, -0.05) is 38.1 Å². The van der Waals surface area contributed by atoms with Crippen molar-refractivity contribution in [1.82, 2.24) is 9.88 Å². The molecule has 0 spiro atoms. The molecule has 21 heavy (non-hydrogen) atoms. The Morgan fingerprint density at radius 2 is 2.05 bits per heavy atom. The maximum absolute atomic E-state index is 12.2. The van der Waals surface area contributed by atoms with E-state index in [1.807, 2.05) is 35.2 Å². The first kappa shape index (κ1) is 14.0. The SMILES string of the molecule is CC(C)CN1C(=O)CC(N)C1c1ccc2ccccc2n1. The third kappa shape index (κ3) is 2.63. The highest BCUT2D eigenvalue weighted by Crippen LogP contribution is 2.32. The fourth-order valence-electron chi connectivity index (χ4n) is 3.05. The van der Waals surface area contributed by atoms with Crippen LogP contribution in [-0.4, -0.2) is 28.4 Å². The van der Waals surface area contributed by atoms with Crippen LogP contribution in [-0.2, 0) is 4.79 Å². The van der Waals surface area contributed by atoms with E-state index in [-0.39, 0.29) is 18.0 Å². The summed E-state index contributed by atoms with van der Waals surface area (Å²) in [5, 5.41) is 1.11. The van der Waals surface area contributed by atoms with Crippen LogP contribution in [0.5, 0.6) is 0 Å². The number of hydrogen-bond donors (Lipinski definition) is 1. The van der Waals surface area contributed by atoms with E-state index in [9.17, 15) is 4.79 Å². The summed E-state index contributed by atoms with van der Waals surface area (Å²) in [6.07, 6.45) is 0.409. The molecule has 1 aliphatic heterocycles. The lowest BCUT2D eigenvalue weighted by Gasteiger charge is -2.28. The molecule has 4 heteroatoms. The quantitative estimate of drug-likeness (QED) is 0.941. The zero-order chi connectivity index (χ0) is 15.0. The summed E-state index contributed by atoms with van der Waals surface area (Å²) >= 11 is 0. The smallest absolute Gasteiger partial charge is 0.224 e. The molecule has 1 aromatic heterocycles. The van der Waals surface area contributed by atoms with Crippen molar-refractivity contribution in [1.29, 1.82) is 0 Å². The summed E-state index contributed by atoms with van der Waals surface area (Å²) < 4.78 is 0. The Morgan fingerprint density at radius 3 is 2.81 bits per heavy atom.